The summed E-state index contributed by atoms with van der Waals surface area (Å²) in [6.07, 6.45) is 9.12. The summed E-state index contributed by atoms with van der Waals surface area (Å²) < 4.78 is 5.09. The molecule has 6 aromatic carbocycles. The van der Waals surface area contributed by atoms with Crippen molar-refractivity contribution in [3.63, 3.8) is 0 Å². The number of pyridine rings is 1. The van der Waals surface area contributed by atoms with E-state index in [2.05, 4.69) is 177 Å². The number of hydrogen-bond donors (Lipinski definition) is 1. The average Bonchev–Trinajstić information content (AvgIpc) is 3.79. The van der Waals surface area contributed by atoms with E-state index in [1.54, 1.807) is 0 Å². The molecule has 4 unspecified atom stereocenters. The Hall–Kier alpha value is -6.65. The molecule has 3 aromatic heterocycles. The summed E-state index contributed by atoms with van der Waals surface area (Å²) in [4.78, 5) is 4.76. The number of fused-ring (bicyclic) bond motifs is 8. The van der Waals surface area contributed by atoms with Gasteiger partial charge in [0.2, 0.25) is 0 Å². The van der Waals surface area contributed by atoms with Crippen LogP contribution in [-0.4, -0.2) is 14.1 Å². The molecular formula is C55H48N4. The van der Waals surface area contributed by atoms with E-state index in [0.29, 0.717) is 11.8 Å². The van der Waals surface area contributed by atoms with Crippen LogP contribution in [0.2, 0.25) is 0 Å². The Balaban J connectivity index is 1.28. The highest BCUT2D eigenvalue weighted by molar-refractivity contribution is 6.17. The lowest BCUT2D eigenvalue weighted by atomic mass is 9.62. The number of aromatic nitrogens is 3. The fourth-order valence-electron chi connectivity index (χ4n) is 10.6. The van der Waals surface area contributed by atoms with Gasteiger partial charge < -0.3 is 14.9 Å². The van der Waals surface area contributed by atoms with Crippen molar-refractivity contribution in [2.24, 2.45) is 5.73 Å². The highest BCUT2D eigenvalue weighted by Gasteiger charge is 2.42. The highest BCUT2D eigenvalue weighted by Crippen LogP contribution is 2.61. The van der Waals surface area contributed by atoms with Crippen molar-refractivity contribution in [3.8, 4) is 33.8 Å². The molecule has 0 spiro atoms. The van der Waals surface area contributed by atoms with Crippen molar-refractivity contribution in [1.29, 1.82) is 0 Å². The Kier molecular flexibility index (Phi) is 8.10. The number of rotatable bonds is 6. The minimum absolute atomic E-state index is 0.237. The van der Waals surface area contributed by atoms with Gasteiger partial charge in [0.1, 0.15) is 0 Å². The third kappa shape index (κ3) is 5.12. The zero-order chi connectivity index (χ0) is 40.1. The highest BCUT2D eigenvalue weighted by atomic mass is 15.0. The molecule has 0 bridgehead atoms. The minimum Gasteiger partial charge on any atom is -0.398 e. The van der Waals surface area contributed by atoms with Crippen LogP contribution >= 0.6 is 0 Å². The number of benzene rings is 6. The van der Waals surface area contributed by atoms with E-state index in [1.165, 1.54) is 88.4 Å². The first-order chi connectivity index (χ1) is 28.9. The Morgan fingerprint density at radius 1 is 0.593 bits per heavy atom. The van der Waals surface area contributed by atoms with Crippen molar-refractivity contribution < 1.29 is 0 Å². The third-order valence-electron chi connectivity index (χ3n) is 13.9. The van der Waals surface area contributed by atoms with Gasteiger partial charge in [0.05, 0.1) is 27.8 Å². The summed E-state index contributed by atoms with van der Waals surface area (Å²) in [5.41, 5.74) is 26.9. The smallest absolute Gasteiger partial charge is 0.0702 e. The van der Waals surface area contributed by atoms with Gasteiger partial charge in [-0.15, -0.1) is 0 Å². The molecule has 0 fully saturated rings. The molecule has 9 aromatic rings. The average molecular weight is 765 g/mol. The molecule has 0 saturated heterocycles. The van der Waals surface area contributed by atoms with Crippen LogP contribution in [0.15, 0.2) is 152 Å². The normalized spacial score (nSPS) is 18.8. The number of nitrogens with two attached hydrogens (primary N) is 1. The van der Waals surface area contributed by atoms with E-state index < -0.39 is 0 Å². The van der Waals surface area contributed by atoms with E-state index in [1.807, 2.05) is 18.3 Å². The van der Waals surface area contributed by atoms with Crippen LogP contribution in [-0.2, 0) is 0 Å². The molecule has 2 aliphatic carbocycles. The number of nitrogens with zero attached hydrogens (tertiary/aromatic N) is 3. The fraction of sp³-hybridized carbons (Fsp3) is 0.182. The Morgan fingerprint density at radius 2 is 1.14 bits per heavy atom. The Morgan fingerprint density at radius 3 is 1.68 bits per heavy atom. The maximum atomic E-state index is 6.76. The second-order valence-electron chi connectivity index (χ2n) is 16.9. The van der Waals surface area contributed by atoms with Gasteiger partial charge in [-0.25, -0.2) is 0 Å². The number of para-hydroxylation sites is 2. The molecule has 4 nitrogen and oxygen atoms in total. The molecule has 0 saturated carbocycles. The second-order valence-corrected chi connectivity index (χ2v) is 16.9. The van der Waals surface area contributed by atoms with Crippen LogP contribution in [0, 0.1) is 0 Å². The molecule has 4 atom stereocenters. The van der Waals surface area contributed by atoms with Gasteiger partial charge in [0, 0.05) is 50.4 Å². The van der Waals surface area contributed by atoms with E-state index in [4.69, 9.17) is 10.7 Å². The standard InChI is InChI=1S/C55H48N4/c1-6-7-10-21-46(56)36-23-25-48-42(28-36)44-30-40-32(2)33(3)41-31-45-43-29-37(47-22-15-16-27-57-47)24-26-49(43)59(39-19-13-9-14-20-39)55(45)51-35(5)34(4)50(52(40)53(41)51)54(44)58(48)38-17-11-8-12-18-38/h7-35H,6,56H2,1-5H3/b10-7-,46-21-. The van der Waals surface area contributed by atoms with Crippen molar-refractivity contribution >= 4 is 49.3 Å². The molecule has 288 valence electrons. The van der Waals surface area contributed by atoms with Crippen LogP contribution in [0.25, 0.3) is 83.1 Å². The third-order valence-corrected chi connectivity index (χ3v) is 13.9. The molecule has 2 aliphatic rings. The number of allylic oxidation sites excluding steroid dienone is 3. The predicted molar refractivity (Wildman–Crippen MR) is 249 cm³/mol. The summed E-state index contributed by atoms with van der Waals surface area (Å²) in [6.45, 7) is 12.0. The first-order valence-electron chi connectivity index (χ1n) is 21.3. The molecule has 0 radical (unpaired) electrons. The Labute approximate surface area is 346 Å². The van der Waals surface area contributed by atoms with Crippen molar-refractivity contribution in [2.45, 2.75) is 64.7 Å². The fourth-order valence-corrected chi connectivity index (χ4v) is 10.6. The minimum atomic E-state index is 0.237. The molecule has 59 heavy (non-hydrogen) atoms. The summed E-state index contributed by atoms with van der Waals surface area (Å²) in [7, 11) is 0. The van der Waals surface area contributed by atoms with Crippen LogP contribution in [0.5, 0.6) is 0 Å². The van der Waals surface area contributed by atoms with Crippen LogP contribution < -0.4 is 5.73 Å². The van der Waals surface area contributed by atoms with Crippen molar-refractivity contribution in [1.82, 2.24) is 14.1 Å². The molecule has 0 amide bonds. The van der Waals surface area contributed by atoms with Gasteiger partial charge >= 0.3 is 0 Å². The van der Waals surface area contributed by atoms with Gasteiger partial charge in [0.25, 0.3) is 0 Å². The van der Waals surface area contributed by atoms with Gasteiger partial charge in [-0.05, 0) is 148 Å². The summed E-state index contributed by atoms with van der Waals surface area (Å²) in [5.74, 6) is 1.12. The SMILES string of the molecule is CC/C=C\C=C(/N)c1ccc2c(c1)c1cc3c4c(c1n2-c1ccccc1)C(C)C(C)c1c-4c(cc2c4cc(-c5ccccn5)ccc4n(-c4ccccc4)c12)C(C)C3C. The molecule has 11 rings (SSSR count). The molecular weight excluding hydrogens is 717 g/mol. The summed E-state index contributed by atoms with van der Waals surface area (Å²) in [6, 6.07) is 47.0. The zero-order valence-electron chi connectivity index (χ0n) is 34.4. The van der Waals surface area contributed by atoms with E-state index in [9.17, 15) is 0 Å². The van der Waals surface area contributed by atoms with Crippen molar-refractivity contribution in [3.05, 3.63) is 180 Å². The lowest BCUT2D eigenvalue weighted by Crippen LogP contribution is -2.24. The predicted octanol–water partition coefficient (Wildman–Crippen LogP) is 14.3. The van der Waals surface area contributed by atoms with E-state index >= 15 is 0 Å². The lowest BCUT2D eigenvalue weighted by molar-refractivity contribution is 0.584. The Bertz CT molecular complexity index is 3200. The molecule has 2 N–H and O–H groups in total. The first kappa shape index (κ1) is 35.5. The quantitative estimate of drug-likeness (QED) is 0.171. The van der Waals surface area contributed by atoms with E-state index in [0.717, 1.165) is 28.9 Å². The molecule has 0 aliphatic heterocycles. The molecule has 3 heterocycles. The van der Waals surface area contributed by atoms with Crippen molar-refractivity contribution in [2.75, 3.05) is 0 Å². The first-order valence-corrected chi connectivity index (χ1v) is 21.3. The van der Waals surface area contributed by atoms with Gasteiger partial charge in [-0.3, -0.25) is 4.98 Å². The monoisotopic (exact) mass is 764 g/mol. The van der Waals surface area contributed by atoms with Gasteiger partial charge in [-0.2, -0.15) is 0 Å². The topological polar surface area (TPSA) is 48.8 Å². The second kappa shape index (κ2) is 13.5. The van der Waals surface area contributed by atoms with E-state index in [-0.39, 0.29) is 11.8 Å². The van der Waals surface area contributed by atoms with Crippen LogP contribution in [0.4, 0.5) is 0 Å². The largest absolute Gasteiger partial charge is 0.398 e. The van der Waals surface area contributed by atoms with Crippen LogP contribution in [0.1, 0.15) is 92.5 Å². The maximum Gasteiger partial charge on any atom is 0.0702 e. The zero-order valence-corrected chi connectivity index (χ0v) is 34.4. The lowest BCUT2D eigenvalue weighted by Gasteiger charge is -2.42. The van der Waals surface area contributed by atoms with Gasteiger partial charge in [0.15, 0.2) is 0 Å². The molecule has 4 heteroatoms. The number of hydrogen-bond acceptors (Lipinski definition) is 2. The summed E-state index contributed by atoms with van der Waals surface area (Å²) >= 11 is 0. The maximum absolute atomic E-state index is 6.76. The summed E-state index contributed by atoms with van der Waals surface area (Å²) in [5, 5.41) is 5.15. The van der Waals surface area contributed by atoms with Gasteiger partial charge in [-0.1, -0.05) is 101 Å². The van der Waals surface area contributed by atoms with Crippen LogP contribution in [0.3, 0.4) is 0 Å².